The maximum atomic E-state index is 5.60. The average molecular weight is 223 g/mol. The number of nitrogens with one attached hydrogen (secondary N) is 1. The van der Waals surface area contributed by atoms with Crippen molar-refractivity contribution in [2.45, 2.75) is 40.0 Å². The fourth-order valence-electron chi connectivity index (χ4n) is 1.22. The smallest absolute Gasteiger partial charge is 0.129 e. The first kappa shape index (κ1) is 13.0. The Labute approximate surface area is 97.5 Å². The minimum Gasteiger partial charge on any atom is -0.462 e. The van der Waals surface area contributed by atoms with Crippen LogP contribution < -0.4 is 5.32 Å². The third-order valence-electron chi connectivity index (χ3n) is 2.10. The van der Waals surface area contributed by atoms with Gasteiger partial charge in [-0.3, -0.25) is 0 Å². The van der Waals surface area contributed by atoms with Gasteiger partial charge in [-0.05, 0) is 19.1 Å². The predicted octanol–water partition coefficient (Wildman–Crippen LogP) is 2.87. The van der Waals surface area contributed by atoms with E-state index in [2.05, 4.69) is 19.2 Å². The van der Waals surface area contributed by atoms with E-state index in [1.807, 2.05) is 31.2 Å². The lowest BCUT2D eigenvalue weighted by molar-refractivity contribution is 0.130. The summed E-state index contributed by atoms with van der Waals surface area (Å²) in [7, 11) is 0. The summed E-state index contributed by atoms with van der Waals surface area (Å²) >= 11 is 0. The van der Waals surface area contributed by atoms with E-state index in [1.165, 1.54) is 0 Å². The Kier molecular flexibility index (Phi) is 5.90. The Morgan fingerprint density at radius 3 is 2.81 bits per heavy atom. The molecule has 0 atom stereocenters. The van der Waals surface area contributed by atoms with Crippen molar-refractivity contribution in [1.82, 2.24) is 5.32 Å². The molecule has 1 heterocycles. The highest BCUT2D eigenvalue weighted by atomic mass is 16.5. The first-order valence-corrected chi connectivity index (χ1v) is 5.72. The second-order valence-corrected chi connectivity index (χ2v) is 3.99. The van der Waals surface area contributed by atoms with Crippen molar-refractivity contribution in [2.24, 2.45) is 0 Å². The standard InChI is InChI=1S/C13H21NO2/c1-4-5-8-15-10-13-7-6-12(16-13)9-14-11(2)3/h4-7,11,14H,8-10H2,1-3H3. The van der Waals surface area contributed by atoms with Crippen molar-refractivity contribution in [3.05, 3.63) is 35.8 Å². The highest BCUT2D eigenvalue weighted by Crippen LogP contribution is 2.09. The molecule has 0 bridgehead atoms. The van der Waals surface area contributed by atoms with Gasteiger partial charge in [-0.1, -0.05) is 26.0 Å². The van der Waals surface area contributed by atoms with Crippen LogP contribution in [-0.4, -0.2) is 12.6 Å². The van der Waals surface area contributed by atoms with Gasteiger partial charge in [0, 0.05) is 6.04 Å². The molecule has 16 heavy (non-hydrogen) atoms. The molecule has 0 aromatic carbocycles. The fraction of sp³-hybridized carbons (Fsp3) is 0.538. The third-order valence-corrected chi connectivity index (χ3v) is 2.10. The van der Waals surface area contributed by atoms with Crippen LogP contribution in [0.1, 0.15) is 32.3 Å². The molecular weight excluding hydrogens is 202 g/mol. The third kappa shape index (κ3) is 5.14. The normalized spacial score (nSPS) is 11.8. The summed E-state index contributed by atoms with van der Waals surface area (Å²) in [6, 6.07) is 4.43. The summed E-state index contributed by atoms with van der Waals surface area (Å²) < 4.78 is 11.0. The lowest BCUT2D eigenvalue weighted by Gasteiger charge is -2.05. The maximum Gasteiger partial charge on any atom is 0.129 e. The second kappa shape index (κ2) is 7.25. The quantitative estimate of drug-likeness (QED) is 0.570. The molecule has 0 aliphatic heterocycles. The van der Waals surface area contributed by atoms with E-state index in [1.54, 1.807) is 0 Å². The van der Waals surface area contributed by atoms with E-state index in [0.29, 0.717) is 19.3 Å². The van der Waals surface area contributed by atoms with Gasteiger partial charge in [-0.2, -0.15) is 0 Å². The molecule has 1 N–H and O–H groups in total. The van der Waals surface area contributed by atoms with Gasteiger partial charge in [0.2, 0.25) is 0 Å². The number of hydrogen-bond acceptors (Lipinski definition) is 3. The predicted molar refractivity (Wildman–Crippen MR) is 65.2 cm³/mol. The van der Waals surface area contributed by atoms with Crippen LogP contribution in [0.5, 0.6) is 0 Å². The molecule has 0 amide bonds. The van der Waals surface area contributed by atoms with E-state index < -0.39 is 0 Å². The summed E-state index contributed by atoms with van der Waals surface area (Å²) in [5.41, 5.74) is 0. The van der Waals surface area contributed by atoms with Crippen LogP contribution in [0, 0.1) is 0 Å². The number of rotatable bonds is 7. The first-order chi connectivity index (χ1) is 7.72. The summed E-state index contributed by atoms with van der Waals surface area (Å²) in [5, 5.41) is 3.31. The Morgan fingerprint density at radius 2 is 2.12 bits per heavy atom. The van der Waals surface area contributed by atoms with Gasteiger partial charge in [0.25, 0.3) is 0 Å². The van der Waals surface area contributed by atoms with E-state index in [4.69, 9.17) is 9.15 Å². The highest BCUT2D eigenvalue weighted by molar-refractivity contribution is 5.06. The average Bonchev–Trinajstić information content (AvgIpc) is 2.70. The van der Waals surface area contributed by atoms with Crippen LogP contribution >= 0.6 is 0 Å². The first-order valence-electron chi connectivity index (χ1n) is 5.72. The Morgan fingerprint density at radius 1 is 1.38 bits per heavy atom. The molecule has 0 aliphatic rings. The zero-order valence-electron chi connectivity index (χ0n) is 10.3. The summed E-state index contributed by atoms with van der Waals surface area (Å²) in [6.45, 7) is 8.15. The lowest BCUT2D eigenvalue weighted by atomic mass is 10.3. The molecule has 3 heteroatoms. The molecule has 1 aromatic rings. The van der Waals surface area contributed by atoms with Crippen LogP contribution in [0.2, 0.25) is 0 Å². The molecule has 90 valence electrons. The zero-order valence-corrected chi connectivity index (χ0v) is 10.3. The van der Waals surface area contributed by atoms with E-state index in [9.17, 15) is 0 Å². The number of furan rings is 1. The number of ether oxygens (including phenoxy) is 1. The van der Waals surface area contributed by atoms with Crippen molar-refractivity contribution in [3.63, 3.8) is 0 Å². The van der Waals surface area contributed by atoms with Crippen LogP contribution in [0.4, 0.5) is 0 Å². The Bertz CT molecular complexity index is 315. The largest absolute Gasteiger partial charge is 0.462 e. The molecule has 0 saturated heterocycles. The summed E-state index contributed by atoms with van der Waals surface area (Å²) in [6.07, 6.45) is 3.95. The minimum atomic E-state index is 0.472. The molecule has 3 nitrogen and oxygen atoms in total. The second-order valence-electron chi connectivity index (χ2n) is 3.99. The van der Waals surface area contributed by atoms with Crippen molar-refractivity contribution < 1.29 is 9.15 Å². The maximum absolute atomic E-state index is 5.60. The van der Waals surface area contributed by atoms with Gasteiger partial charge < -0.3 is 14.5 Å². The van der Waals surface area contributed by atoms with Crippen molar-refractivity contribution >= 4 is 0 Å². The minimum absolute atomic E-state index is 0.472. The number of hydrogen-bond donors (Lipinski definition) is 1. The SMILES string of the molecule is CC=CCOCc1ccc(CNC(C)C)o1. The zero-order chi connectivity index (χ0) is 11.8. The van der Waals surface area contributed by atoms with Gasteiger partial charge >= 0.3 is 0 Å². The van der Waals surface area contributed by atoms with Crippen LogP contribution in [-0.2, 0) is 17.9 Å². The molecule has 0 fully saturated rings. The summed E-state index contributed by atoms with van der Waals surface area (Å²) in [4.78, 5) is 0. The molecule has 0 spiro atoms. The molecule has 0 unspecified atom stereocenters. The topological polar surface area (TPSA) is 34.4 Å². The van der Waals surface area contributed by atoms with Crippen molar-refractivity contribution in [3.8, 4) is 0 Å². The van der Waals surface area contributed by atoms with E-state index in [0.717, 1.165) is 18.1 Å². The molecule has 0 aliphatic carbocycles. The van der Waals surface area contributed by atoms with Crippen LogP contribution in [0.15, 0.2) is 28.7 Å². The number of allylic oxidation sites excluding steroid dienone is 1. The molecule has 0 radical (unpaired) electrons. The highest BCUT2D eigenvalue weighted by Gasteiger charge is 2.02. The van der Waals surface area contributed by atoms with E-state index >= 15 is 0 Å². The monoisotopic (exact) mass is 223 g/mol. The molecule has 0 saturated carbocycles. The fourth-order valence-corrected chi connectivity index (χ4v) is 1.22. The van der Waals surface area contributed by atoms with Crippen molar-refractivity contribution in [1.29, 1.82) is 0 Å². The Balaban J connectivity index is 2.28. The lowest BCUT2D eigenvalue weighted by Crippen LogP contribution is -2.21. The molecule has 1 rings (SSSR count). The van der Waals surface area contributed by atoms with Crippen LogP contribution in [0.25, 0.3) is 0 Å². The van der Waals surface area contributed by atoms with E-state index in [-0.39, 0.29) is 0 Å². The van der Waals surface area contributed by atoms with Gasteiger partial charge in [0.05, 0.1) is 13.2 Å². The van der Waals surface area contributed by atoms with Gasteiger partial charge in [-0.25, -0.2) is 0 Å². The Hall–Kier alpha value is -1.06. The van der Waals surface area contributed by atoms with Gasteiger partial charge in [0.1, 0.15) is 18.1 Å². The molecule has 1 aromatic heterocycles. The van der Waals surface area contributed by atoms with Crippen LogP contribution in [0.3, 0.4) is 0 Å². The molecular formula is C13H21NO2. The van der Waals surface area contributed by atoms with Gasteiger partial charge in [-0.15, -0.1) is 0 Å². The van der Waals surface area contributed by atoms with Crippen molar-refractivity contribution in [2.75, 3.05) is 6.61 Å². The summed E-state index contributed by atoms with van der Waals surface area (Å²) in [5.74, 6) is 1.84. The van der Waals surface area contributed by atoms with Gasteiger partial charge in [0.15, 0.2) is 0 Å².